The molecule has 0 heterocycles. The van der Waals surface area contributed by atoms with Crippen molar-refractivity contribution in [1.82, 2.24) is 6.15 Å². The first-order valence-corrected chi connectivity index (χ1v) is 1.50. The summed E-state index contributed by atoms with van der Waals surface area (Å²) in [5.74, 6) is 1.42. The molecule has 0 fully saturated rings. The van der Waals surface area contributed by atoms with Gasteiger partial charge >= 0.3 is 18.9 Å². The third-order valence-electron chi connectivity index (χ3n) is 0. The molecule has 0 aliphatic heterocycles. The zero-order valence-corrected chi connectivity index (χ0v) is 5.21. The van der Waals surface area contributed by atoms with Crippen molar-refractivity contribution in [3.63, 3.8) is 0 Å². The van der Waals surface area contributed by atoms with Gasteiger partial charge in [-0.25, -0.2) is 0 Å². The van der Waals surface area contributed by atoms with Crippen LogP contribution >= 0.6 is 0 Å². The Labute approximate surface area is 52.3 Å². The maximum atomic E-state index is 2.08. The minimum Gasteiger partial charge on any atom is -0.344 e. The maximum absolute atomic E-state index is 2.08. The van der Waals surface area contributed by atoms with Gasteiger partial charge in [-0.1, -0.05) is 0 Å². The molecule has 0 aliphatic rings. The molecule has 6 heavy (non-hydrogen) atoms. The maximum Gasteiger partial charge on any atom is 1.00 e. The zero-order chi connectivity index (χ0) is 3.58. The van der Waals surface area contributed by atoms with Crippen molar-refractivity contribution in [2.45, 2.75) is 20.8 Å². The van der Waals surface area contributed by atoms with E-state index in [2.05, 4.69) is 20.8 Å². The van der Waals surface area contributed by atoms with Gasteiger partial charge in [-0.3, -0.25) is 0 Å². The topological polar surface area (TPSA) is 35.0 Å². The van der Waals surface area contributed by atoms with Gasteiger partial charge in [-0.15, -0.1) is 0 Å². The fourth-order valence-electron chi connectivity index (χ4n) is 0. The zero-order valence-electron chi connectivity index (χ0n) is 5.21. The van der Waals surface area contributed by atoms with E-state index in [1.807, 2.05) is 0 Å². The minimum atomic E-state index is 0. The van der Waals surface area contributed by atoms with Gasteiger partial charge in [-0.05, 0) is 0 Å². The van der Waals surface area contributed by atoms with Gasteiger partial charge in [0.1, 0.15) is 0 Å². The van der Waals surface area contributed by atoms with Crippen LogP contribution in [0.5, 0.6) is 0 Å². The normalized spacial score (nSPS) is 6.00. The van der Waals surface area contributed by atoms with Crippen LogP contribution in [0.15, 0.2) is 0 Å². The summed E-state index contributed by atoms with van der Waals surface area (Å²) in [7, 11) is 0. The van der Waals surface area contributed by atoms with E-state index < -0.39 is 0 Å². The van der Waals surface area contributed by atoms with Crippen molar-refractivity contribution in [3.05, 3.63) is 5.92 Å². The van der Waals surface area contributed by atoms with Crippen molar-refractivity contribution in [2.24, 2.45) is 0 Å². The molecule has 0 atom stereocenters. The summed E-state index contributed by atoms with van der Waals surface area (Å²) in [5, 5.41) is 0. The quantitative estimate of drug-likeness (QED) is 0.288. The molecule has 0 bridgehead atoms. The van der Waals surface area contributed by atoms with Crippen LogP contribution in [0.2, 0.25) is 0 Å². The second-order valence-corrected chi connectivity index (χ2v) is 1.50. The van der Waals surface area contributed by atoms with Crippen molar-refractivity contribution < 1.29 is 18.9 Å². The van der Waals surface area contributed by atoms with E-state index in [0.29, 0.717) is 0 Å². The molecule has 0 aliphatic carbocycles. The van der Waals surface area contributed by atoms with Gasteiger partial charge in [0.25, 0.3) is 0 Å². The number of rotatable bonds is 0. The molecular weight excluding hydrogens is 69.0 g/mol. The van der Waals surface area contributed by atoms with Crippen LogP contribution in [0.4, 0.5) is 0 Å². The summed E-state index contributed by atoms with van der Waals surface area (Å²) in [6.45, 7) is 6.25. The van der Waals surface area contributed by atoms with E-state index in [1.165, 1.54) is 5.92 Å². The molecule has 0 saturated heterocycles. The fourth-order valence-corrected chi connectivity index (χ4v) is 0. The predicted octanol–water partition coefficient (Wildman–Crippen LogP) is -1.21. The molecule has 0 aromatic carbocycles. The number of hydrogen-bond donors (Lipinski definition) is 1. The van der Waals surface area contributed by atoms with Gasteiger partial charge in [0.05, 0.1) is 0 Å². The van der Waals surface area contributed by atoms with E-state index in [0.717, 1.165) is 0 Å². The molecule has 0 aromatic heterocycles. The van der Waals surface area contributed by atoms with Gasteiger partial charge < -0.3 is 12.1 Å². The second kappa shape index (κ2) is 9.12. The Hall–Kier alpha value is 0.557. The molecular formula is C4H12LiN. The standard InChI is InChI=1S/C4H9.Li.H3N/c1-4(2)3;;/h1-3H3;;1H3/q-1;+1;. The summed E-state index contributed by atoms with van der Waals surface area (Å²) in [6, 6.07) is 0. The predicted molar refractivity (Wildman–Crippen MR) is 25.3 cm³/mol. The van der Waals surface area contributed by atoms with Gasteiger partial charge in [0, 0.05) is 0 Å². The third-order valence-corrected chi connectivity index (χ3v) is 0. The Morgan fingerprint density at radius 2 is 1.00 bits per heavy atom. The molecule has 2 heteroatoms. The summed E-state index contributed by atoms with van der Waals surface area (Å²) < 4.78 is 0. The average Bonchev–Trinajstić information content (AvgIpc) is 0.811. The third kappa shape index (κ3) is 186. The summed E-state index contributed by atoms with van der Waals surface area (Å²) in [5.41, 5.74) is 0. The molecule has 0 rings (SSSR count). The van der Waals surface area contributed by atoms with Gasteiger partial charge in [-0.2, -0.15) is 20.8 Å². The first-order chi connectivity index (χ1) is 1.73. The minimum absolute atomic E-state index is 0. The fraction of sp³-hybridized carbons (Fsp3) is 0.750. The van der Waals surface area contributed by atoms with Crippen molar-refractivity contribution >= 4 is 0 Å². The largest absolute Gasteiger partial charge is 1.00 e. The Balaban J connectivity index is -0.0000000450. The molecule has 0 radical (unpaired) electrons. The Morgan fingerprint density at radius 3 is 1.00 bits per heavy atom. The average molecular weight is 81.1 g/mol. The Morgan fingerprint density at radius 1 is 1.00 bits per heavy atom. The van der Waals surface area contributed by atoms with E-state index in [4.69, 9.17) is 0 Å². The van der Waals surface area contributed by atoms with Gasteiger partial charge in [0.2, 0.25) is 0 Å². The summed E-state index contributed by atoms with van der Waals surface area (Å²) in [4.78, 5) is 0. The van der Waals surface area contributed by atoms with Crippen molar-refractivity contribution in [3.8, 4) is 0 Å². The summed E-state index contributed by atoms with van der Waals surface area (Å²) in [6.07, 6.45) is 0. The van der Waals surface area contributed by atoms with Crippen LogP contribution in [0, 0.1) is 5.92 Å². The molecule has 3 N–H and O–H groups in total. The van der Waals surface area contributed by atoms with E-state index in [-0.39, 0.29) is 25.0 Å². The van der Waals surface area contributed by atoms with E-state index in [1.54, 1.807) is 0 Å². The van der Waals surface area contributed by atoms with Crippen LogP contribution < -0.4 is 25.0 Å². The van der Waals surface area contributed by atoms with E-state index >= 15 is 0 Å². The second-order valence-electron chi connectivity index (χ2n) is 1.50. The monoisotopic (exact) mass is 81.1 g/mol. The molecule has 0 aromatic rings. The Bertz CT molecular complexity index is 12.3. The van der Waals surface area contributed by atoms with Crippen LogP contribution in [0.1, 0.15) is 20.8 Å². The van der Waals surface area contributed by atoms with E-state index in [9.17, 15) is 0 Å². The molecule has 0 amide bonds. The molecule has 0 spiro atoms. The first kappa shape index (κ1) is 16.0. The molecule has 1 nitrogen and oxygen atoms in total. The first-order valence-electron chi connectivity index (χ1n) is 1.50. The SMILES string of the molecule is C[C-](C)C.N.[Li+]. The smallest absolute Gasteiger partial charge is 0.344 e. The van der Waals surface area contributed by atoms with Crippen LogP contribution in [0.3, 0.4) is 0 Å². The molecule has 0 saturated carbocycles. The number of hydrogen-bond acceptors (Lipinski definition) is 1. The Kier molecular flexibility index (Phi) is 24.3. The summed E-state index contributed by atoms with van der Waals surface area (Å²) >= 11 is 0. The van der Waals surface area contributed by atoms with Crippen LogP contribution in [-0.2, 0) is 0 Å². The van der Waals surface area contributed by atoms with Gasteiger partial charge in [0.15, 0.2) is 0 Å². The molecule has 0 unspecified atom stereocenters. The molecule has 34 valence electrons. The van der Waals surface area contributed by atoms with Crippen molar-refractivity contribution in [1.29, 1.82) is 0 Å². The van der Waals surface area contributed by atoms with Crippen LogP contribution in [0.25, 0.3) is 0 Å². The van der Waals surface area contributed by atoms with Crippen LogP contribution in [-0.4, -0.2) is 0 Å². The van der Waals surface area contributed by atoms with Crippen molar-refractivity contribution in [2.75, 3.05) is 0 Å².